The molecule has 0 bridgehead atoms. The van der Waals surface area contributed by atoms with Crippen LogP contribution in [0, 0.1) is 0 Å². The maximum atomic E-state index is 12.7. The minimum absolute atomic E-state index is 0.0238. The zero-order chi connectivity index (χ0) is 21.9. The lowest BCUT2D eigenvalue weighted by atomic mass is 9.87. The number of benzene rings is 2. The fourth-order valence-corrected chi connectivity index (χ4v) is 4.05. The van der Waals surface area contributed by atoms with Crippen LogP contribution in [0.5, 0.6) is 0 Å². The van der Waals surface area contributed by atoms with E-state index in [9.17, 15) is 4.79 Å². The zero-order valence-electron chi connectivity index (χ0n) is 18.6. The Hall–Kier alpha value is -2.60. The number of carbonyl (C=O) groups is 1. The second-order valence-corrected chi connectivity index (χ2v) is 9.52. The molecule has 1 heterocycles. The first-order valence-corrected chi connectivity index (χ1v) is 11.1. The summed E-state index contributed by atoms with van der Waals surface area (Å²) in [6, 6.07) is 18.5. The van der Waals surface area contributed by atoms with Gasteiger partial charge < -0.3 is 9.47 Å². The van der Waals surface area contributed by atoms with Crippen molar-refractivity contribution < 1.29 is 4.79 Å². The first kappa shape index (κ1) is 22.1. The molecule has 5 nitrogen and oxygen atoms in total. The number of hydrogen-bond donors (Lipinski definition) is 0. The third kappa shape index (κ3) is 4.93. The van der Waals surface area contributed by atoms with E-state index in [-0.39, 0.29) is 17.4 Å². The smallest absolute Gasteiger partial charge is 0.233 e. The Morgan fingerprint density at radius 1 is 1.07 bits per heavy atom. The van der Waals surface area contributed by atoms with E-state index < -0.39 is 0 Å². The number of carbonyl (C=O) groups excluding carboxylic acids is 1. The summed E-state index contributed by atoms with van der Waals surface area (Å²) in [6.45, 7) is 8.64. The molecule has 0 saturated carbocycles. The van der Waals surface area contributed by atoms with Crippen molar-refractivity contribution in [2.75, 3.05) is 12.8 Å². The topological polar surface area (TPSA) is 51.0 Å². The molecule has 0 aliphatic carbocycles. The van der Waals surface area contributed by atoms with E-state index in [1.54, 1.807) is 4.90 Å². The Kier molecular flexibility index (Phi) is 6.66. The lowest BCUT2D eigenvalue weighted by Crippen LogP contribution is -2.31. The SMILES string of the molecule is C[C@H](c1ccccc1)N(C)C(=O)CSc1nnc(-c2ccc(C(C)(C)C)cc2)n1C. The quantitative estimate of drug-likeness (QED) is 0.519. The van der Waals surface area contributed by atoms with Crippen LogP contribution in [0.2, 0.25) is 0 Å². The second-order valence-electron chi connectivity index (χ2n) is 8.57. The van der Waals surface area contributed by atoms with Crippen LogP contribution in [-0.2, 0) is 17.3 Å². The molecule has 1 aromatic heterocycles. The molecule has 0 saturated heterocycles. The van der Waals surface area contributed by atoms with E-state index in [2.05, 4.69) is 55.2 Å². The Morgan fingerprint density at radius 2 is 1.70 bits per heavy atom. The van der Waals surface area contributed by atoms with Gasteiger partial charge in [-0.3, -0.25) is 4.79 Å². The van der Waals surface area contributed by atoms with Gasteiger partial charge in [-0.1, -0.05) is 87.1 Å². The van der Waals surface area contributed by atoms with Gasteiger partial charge in [0.05, 0.1) is 11.8 Å². The molecule has 0 spiro atoms. The molecule has 30 heavy (non-hydrogen) atoms. The van der Waals surface area contributed by atoms with Crippen LogP contribution in [0.3, 0.4) is 0 Å². The third-order valence-corrected chi connectivity index (χ3v) is 6.43. The minimum atomic E-state index is 0.0238. The first-order chi connectivity index (χ1) is 14.2. The third-order valence-electron chi connectivity index (χ3n) is 5.43. The summed E-state index contributed by atoms with van der Waals surface area (Å²) in [4.78, 5) is 14.5. The van der Waals surface area contributed by atoms with Gasteiger partial charge in [-0.25, -0.2) is 0 Å². The highest BCUT2D eigenvalue weighted by Crippen LogP contribution is 2.27. The fourth-order valence-electron chi connectivity index (χ4n) is 3.21. The minimum Gasteiger partial charge on any atom is -0.338 e. The molecule has 0 unspecified atom stereocenters. The predicted molar refractivity (Wildman–Crippen MR) is 123 cm³/mol. The Balaban J connectivity index is 1.66. The van der Waals surface area contributed by atoms with Gasteiger partial charge in [-0.15, -0.1) is 10.2 Å². The number of rotatable bonds is 6. The molecule has 6 heteroatoms. The number of aromatic nitrogens is 3. The molecule has 0 aliphatic rings. The van der Waals surface area contributed by atoms with Crippen molar-refractivity contribution >= 4 is 17.7 Å². The number of amides is 1. The molecule has 0 radical (unpaired) electrons. The van der Waals surface area contributed by atoms with Crippen LogP contribution in [0.15, 0.2) is 59.8 Å². The van der Waals surface area contributed by atoms with Crippen molar-refractivity contribution in [3.8, 4) is 11.4 Å². The summed E-state index contributed by atoms with van der Waals surface area (Å²) >= 11 is 1.42. The molecule has 0 N–H and O–H groups in total. The number of hydrogen-bond acceptors (Lipinski definition) is 4. The molecular formula is C24H30N4OS. The summed E-state index contributed by atoms with van der Waals surface area (Å²) in [5.74, 6) is 1.19. The van der Waals surface area contributed by atoms with Crippen molar-refractivity contribution in [1.82, 2.24) is 19.7 Å². The van der Waals surface area contributed by atoms with E-state index in [1.807, 2.05) is 55.9 Å². The van der Waals surface area contributed by atoms with Gasteiger partial charge in [-0.2, -0.15) is 0 Å². The summed E-state index contributed by atoms with van der Waals surface area (Å²) in [5.41, 5.74) is 3.54. The summed E-state index contributed by atoms with van der Waals surface area (Å²) in [7, 11) is 3.79. The average Bonchev–Trinajstić information content (AvgIpc) is 3.11. The fraction of sp³-hybridized carbons (Fsp3) is 0.375. The predicted octanol–water partition coefficient (Wildman–Crippen LogP) is 5.09. The van der Waals surface area contributed by atoms with Gasteiger partial charge in [0.15, 0.2) is 11.0 Å². The van der Waals surface area contributed by atoms with Crippen LogP contribution < -0.4 is 0 Å². The molecule has 158 valence electrons. The maximum absolute atomic E-state index is 12.7. The lowest BCUT2D eigenvalue weighted by molar-refractivity contribution is -0.128. The number of thioether (sulfide) groups is 1. The molecular weight excluding hydrogens is 392 g/mol. The second kappa shape index (κ2) is 9.04. The van der Waals surface area contributed by atoms with E-state index >= 15 is 0 Å². The zero-order valence-corrected chi connectivity index (χ0v) is 19.4. The van der Waals surface area contributed by atoms with Crippen LogP contribution in [0.25, 0.3) is 11.4 Å². The number of nitrogens with zero attached hydrogens (tertiary/aromatic N) is 4. The molecule has 3 aromatic rings. The van der Waals surface area contributed by atoms with E-state index in [0.29, 0.717) is 5.75 Å². The molecule has 3 rings (SSSR count). The first-order valence-electron chi connectivity index (χ1n) is 10.1. The standard InChI is InChI=1S/C24H30N4OS/c1-17(18-10-8-7-9-11-18)27(5)21(29)16-30-23-26-25-22(28(23)6)19-12-14-20(15-13-19)24(2,3)4/h7-15,17H,16H2,1-6H3/t17-/m1/s1. The Bertz CT molecular complexity index is 990. The van der Waals surface area contributed by atoms with Crippen LogP contribution >= 0.6 is 11.8 Å². The lowest BCUT2D eigenvalue weighted by Gasteiger charge is -2.25. The summed E-state index contributed by atoms with van der Waals surface area (Å²) in [6.07, 6.45) is 0. The van der Waals surface area contributed by atoms with E-state index in [0.717, 1.165) is 22.1 Å². The van der Waals surface area contributed by atoms with Gasteiger partial charge in [0, 0.05) is 19.7 Å². The highest BCUT2D eigenvalue weighted by Gasteiger charge is 2.20. The van der Waals surface area contributed by atoms with Gasteiger partial charge in [0.25, 0.3) is 0 Å². The van der Waals surface area contributed by atoms with Crippen molar-refractivity contribution in [3.63, 3.8) is 0 Å². The van der Waals surface area contributed by atoms with E-state index in [1.165, 1.54) is 17.3 Å². The van der Waals surface area contributed by atoms with Crippen LogP contribution in [0.4, 0.5) is 0 Å². The molecule has 1 atom stereocenters. The summed E-state index contributed by atoms with van der Waals surface area (Å²) in [5, 5.41) is 9.39. The van der Waals surface area contributed by atoms with Crippen molar-refractivity contribution in [2.45, 2.75) is 44.3 Å². The highest BCUT2D eigenvalue weighted by atomic mass is 32.2. The van der Waals surface area contributed by atoms with Gasteiger partial charge in [-0.05, 0) is 23.5 Å². The molecule has 0 aliphatic heterocycles. The van der Waals surface area contributed by atoms with Crippen molar-refractivity contribution in [3.05, 3.63) is 65.7 Å². The van der Waals surface area contributed by atoms with Crippen molar-refractivity contribution in [2.24, 2.45) is 7.05 Å². The van der Waals surface area contributed by atoms with Gasteiger partial charge in [0.1, 0.15) is 0 Å². The highest BCUT2D eigenvalue weighted by molar-refractivity contribution is 7.99. The Labute approximate surface area is 183 Å². The maximum Gasteiger partial charge on any atom is 0.233 e. The van der Waals surface area contributed by atoms with Crippen molar-refractivity contribution in [1.29, 1.82) is 0 Å². The monoisotopic (exact) mass is 422 g/mol. The average molecular weight is 423 g/mol. The van der Waals surface area contributed by atoms with Crippen LogP contribution in [0.1, 0.15) is 44.9 Å². The molecule has 2 aromatic carbocycles. The normalized spacial score (nSPS) is 12.6. The van der Waals surface area contributed by atoms with Gasteiger partial charge in [0.2, 0.25) is 5.91 Å². The van der Waals surface area contributed by atoms with E-state index in [4.69, 9.17) is 0 Å². The largest absolute Gasteiger partial charge is 0.338 e. The summed E-state index contributed by atoms with van der Waals surface area (Å²) < 4.78 is 1.95. The molecule has 1 amide bonds. The molecule has 0 fully saturated rings. The Morgan fingerprint density at radius 3 is 2.30 bits per heavy atom. The van der Waals surface area contributed by atoms with Crippen LogP contribution in [-0.4, -0.2) is 38.4 Å². The van der Waals surface area contributed by atoms with Gasteiger partial charge >= 0.3 is 0 Å².